The molecule has 3 rings (SSSR count). The number of ether oxygens (including phenoxy) is 4. The van der Waals surface area contributed by atoms with E-state index >= 15 is 0 Å². The quantitative estimate of drug-likeness (QED) is 0.0512. The van der Waals surface area contributed by atoms with Crippen molar-refractivity contribution in [3.8, 4) is 0 Å². The maximum absolute atomic E-state index is 14.9. The van der Waals surface area contributed by atoms with Gasteiger partial charge in [-0.3, -0.25) is 19.7 Å². The maximum Gasteiger partial charge on any atom is 0.418 e. The van der Waals surface area contributed by atoms with Crippen LogP contribution in [-0.4, -0.2) is 98.7 Å². The van der Waals surface area contributed by atoms with Gasteiger partial charge in [-0.25, -0.2) is 24.1 Å². The van der Waals surface area contributed by atoms with Crippen molar-refractivity contribution in [1.82, 2.24) is 15.1 Å². The predicted octanol–water partition coefficient (Wildman–Crippen LogP) is 6.02. The minimum atomic E-state index is -1.82. The lowest BCUT2D eigenvalue weighted by molar-refractivity contribution is -0.384. The second kappa shape index (κ2) is 18.4. The summed E-state index contributed by atoms with van der Waals surface area (Å²) in [7, 11) is 0. The molecule has 1 aromatic rings. The molecule has 2 aliphatic rings. The highest BCUT2D eigenvalue weighted by atomic mass is 16.6. The van der Waals surface area contributed by atoms with Crippen LogP contribution in [0.2, 0.25) is 0 Å². The highest BCUT2D eigenvalue weighted by molar-refractivity contribution is 6.04. The molecule has 5 atom stereocenters. The Morgan fingerprint density at radius 1 is 1.02 bits per heavy atom. The largest absolute Gasteiger partial charge is 0.464 e. The third-order valence-corrected chi connectivity index (χ3v) is 8.90. The van der Waals surface area contributed by atoms with E-state index in [0.29, 0.717) is 17.7 Å². The van der Waals surface area contributed by atoms with Gasteiger partial charge >= 0.3 is 24.1 Å². The Kier molecular flexibility index (Phi) is 14.7. The zero-order valence-electron chi connectivity index (χ0n) is 32.8. The lowest BCUT2D eigenvalue weighted by Crippen LogP contribution is -2.60. The number of benzene rings is 1. The van der Waals surface area contributed by atoms with E-state index in [4.69, 9.17) is 18.9 Å². The Morgan fingerprint density at radius 2 is 1.65 bits per heavy atom. The number of allylic oxidation sites excluding steroid dienone is 1. The van der Waals surface area contributed by atoms with Crippen LogP contribution in [0.1, 0.15) is 104 Å². The number of carbonyl (C=O) groups is 6. The number of unbranched alkanes of at least 4 members (excludes halogenated alkanes) is 3. The predicted molar refractivity (Wildman–Crippen MR) is 200 cm³/mol. The Labute approximate surface area is 321 Å². The smallest absolute Gasteiger partial charge is 0.418 e. The van der Waals surface area contributed by atoms with Crippen molar-refractivity contribution in [1.29, 1.82) is 0 Å². The number of hydrogen-bond acceptors (Lipinski definition) is 12. The number of nitrogens with one attached hydrogen (secondary N) is 1. The molecule has 1 aliphatic heterocycles. The summed E-state index contributed by atoms with van der Waals surface area (Å²) in [5.74, 6) is -4.14. The second-order valence-electron chi connectivity index (χ2n) is 15.5. The number of nitrogens with zero attached hydrogens (tertiary/aromatic N) is 3. The van der Waals surface area contributed by atoms with Crippen molar-refractivity contribution in [2.75, 3.05) is 13.2 Å². The van der Waals surface area contributed by atoms with Gasteiger partial charge in [0, 0.05) is 24.5 Å². The summed E-state index contributed by atoms with van der Waals surface area (Å²) in [4.78, 5) is 95.6. The van der Waals surface area contributed by atoms with Crippen LogP contribution in [0.15, 0.2) is 49.6 Å². The molecule has 1 saturated carbocycles. The molecular formula is C39H54N4O12. The minimum absolute atomic E-state index is 0.00687. The summed E-state index contributed by atoms with van der Waals surface area (Å²) in [6.07, 6.45) is 2.63. The molecule has 1 aromatic carbocycles. The number of nitro benzene ring substituents is 1. The topological polar surface area (TPSA) is 201 Å². The van der Waals surface area contributed by atoms with Crippen LogP contribution in [0, 0.1) is 16.0 Å². The van der Waals surface area contributed by atoms with Gasteiger partial charge in [-0.2, -0.15) is 0 Å². The normalized spacial score (nSPS) is 21.0. The van der Waals surface area contributed by atoms with Crippen molar-refractivity contribution >= 4 is 41.6 Å². The number of esters is 2. The highest BCUT2D eigenvalue weighted by Gasteiger charge is 2.69. The van der Waals surface area contributed by atoms with Crippen molar-refractivity contribution in [2.24, 2.45) is 5.92 Å². The van der Waals surface area contributed by atoms with Crippen LogP contribution in [0.5, 0.6) is 0 Å². The van der Waals surface area contributed by atoms with Crippen molar-refractivity contribution in [3.63, 3.8) is 0 Å². The van der Waals surface area contributed by atoms with Gasteiger partial charge in [0.15, 0.2) is 5.54 Å². The maximum atomic E-state index is 14.9. The number of rotatable bonds is 16. The van der Waals surface area contributed by atoms with Crippen LogP contribution >= 0.6 is 0 Å². The summed E-state index contributed by atoms with van der Waals surface area (Å²) in [5, 5.41) is 13.8. The van der Waals surface area contributed by atoms with Crippen LogP contribution in [0.3, 0.4) is 0 Å². The summed E-state index contributed by atoms with van der Waals surface area (Å²) in [6, 6.07) is 2.00. The summed E-state index contributed by atoms with van der Waals surface area (Å²) < 4.78 is 22.2. The van der Waals surface area contributed by atoms with Gasteiger partial charge in [-0.05, 0) is 86.3 Å². The molecule has 1 unspecified atom stereocenters. The Hall–Kier alpha value is -5.28. The first-order valence-electron chi connectivity index (χ1n) is 18.4. The molecule has 16 heteroatoms. The lowest BCUT2D eigenvalue weighted by Gasteiger charge is -2.35. The molecule has 4 amide bonds. The number of nitro groups is 1. The van der Waals surface area contributed by atoms with Crippen molar-refractivity contribution < 1.29 is 52.6 Å². The van der Waals surface area contributed by atoms with Crippen LogP contribution in [-0.2, 0) is 33.3 Å². The molecule has 302 valence electrons. The molecule has 0 bridgehead atoms. The Bertz CT molecular complexity index is 1630. The molecule has 1 heterocycles. The van der Waals surface area contributed by atoms with Crippen molar-refractivity contribution in [2.45, 2.75) is 128 Å². The fourth-order valence-corrected chi connectivity index (χ4v) is 6.32. The van der Waals surface area contributed by atoms with Gasteiger partial charge in [0.2, 0.25) is 5.91 Å². The number of likely N-dealkylation sites (tertiary alicyclic amines) is 1. The molecule has 2 fully saturated rings. The second-order valence-corrected chi connectivity index (χ2v) is 15.5. The van der Waals surface area contributed by atoms with Crippen LogP contribution in [0.4, 0.5) is 15.3 Å². The number of amides is 4. The van der Waals surface area contributed by atoms with E-state index in [1.165, 1.54) is 18.2 Å². The summed E-state index contributed by atoms with van der Waals surface area (Å²) in [5.41, 5.74) is -4.09. The molecule has 1 N–H and O–H groups in total. The van der Waals surface area contributed by atoms with E-state index in [-0.39, 0.29) is 43.7 Å². The average Bonchev–Trinajstić information content (AvgIpc) is 3.67. The zero-order valence-corrected chi connectivity index (χ0v) is 32.8. The molecule has 16 nitrogen and oxygen atoms in total. The van der Waals surface area contributed by atoms with Crippen molar-refractivity contribution in [3.05, 3.63) is 65.3 Å². The highest BCUT2D eigenvalue weighted by Crippen LogP contribution is 2.51. The third kappa shape index (κ3) is 11.6. The van der Waals surface area contributed by atoms with E-state index in [9.17, 15) is 38.9 Å². The molecule has 0 aromatic heterocycles. The fraction of sp³-hybridized carbons (Fsp3) is 0.590. The standard InChI is InChI=1S/C39H54N4O12/c1-10-13-14-15-16-17-29(40-35(48)54-37(4,5)6)31(44)41-24-28(53-33(46)25-18-20-27(21-19-25)43(50)51)22-30(41)32(45)42(36(49)55-38(7,8)9)39(23-26(39)11-2)34(47)52-12-3/h10-11,18-21,26,28-30H,1-2,12-17,22-24H2,3-9H3,(H,40,48)/t26?,28-,29+,30+,39-/m1/s1. The van der Waals surface area contributed by atoms with Crippen LogP contribution in [0.25, 0.3) is 0 Å². The SMILES string of the molecule is C=CCCCCC[C@H](NC(=O)OC(C)(C)C)C(=O)N1C[C@H](OC(=O)c2ccc([N+](=O)[O-])cc2)C[C@H]1C(=O)N(C(=O)OC(C)(C)C)[C@]1(C(=O)OCC)CC1C=C. The van der Waals surface area contributed by atoms with E-state index < -0.39 is 81.7 Å². The van der Waals surface area contributed by atoms with E-state index in [1.54, 1.807) is 54.5 Å². The number of hydrogen-bond donors (Lipinski definition) is 1. The number of imide groups is 1. The van der Waals surface area contributed by atoms with Gasteiger partial charge in [-0.1, -0.05) is 25.0 Å². The van der Waals surface area contributed by atoms with Crippen LogP contribution < -0.4 is 5.32 Å². The summed E-state index contributed by atoms with van der Waals surface area (Å²) in [6.45, 7) is 18.4. The molecule has 0 spiro atoms. The monoisotopic (exact) mass is 770 g/mol. The Balaban J connectivity index is 2.09. The average molecular weight is 771 g/mol. The molecule has 0 radical (unpaired) electrons. The van der Waals surface area contributed by atoms with Gasteiger partial charge in [-0.15, -0.1) is 13.2 Å². The third-order valence-electron chi connectivity index (χ3n) is 8.90. The number of non-ortho nitro benzene ring substituents is 1. The first kappa shape index (κ1) is 44.1. The van der Waals surface area contributed by atoms with E-state index in [1.807, 2.05) is 0 Å². The van der Waals surface area contributed by atoms with Gasteiger partial charge in [0.05, 0.1) is 23.6 Å². The zero-order chi connectivity index (χ0) is 41.3. The van der Waals surface area contributed by atoms with Gasteiger partial charge < -0.3 is 29.2 Å². The summed E-state index contributed by atoms with van der Waals surface area (Å²) >= 11 is 0. The van der Waals surface area contributed by atoms with E-state index in [2.05, 4.69) is 18.5 Å². The van der Waals surface area contributed by atoms with Gasteiger partial charge in [0.25, 0.3) is 11.6 Å². The molecular weight excluding hydrogens is 716 g/mol. The minimum Gasteiger partial charge on any atom is -0.464 e. The first-order chi connectivity index (χ1) is 25.7. The number of carbonyl (C=O) groups excluding carboxylic acids is 6. The molecule has 55 heavy (non-hydrogen) atoms. The van der Waals surface area contributed by atoms with E-state index in [0.717, 1.165) is 29.9 Å². The number of alkyl carbamates (subject to hydrolysis) is 1. The molecule has 1 aliphatic carbocycles. The van der Waals surface area contributed by atoms with Gasteiger partial charge in [0.1, 0.15) is 29.4 Å². The first-order valence-corrected chi connectivity index (χ1v) is 18.4. The molecule has 1 saturated heterocycles. The Morgan fingerprint density at radius 3 is 2.18 bits per heavy atom. The fourth-order valence-electron chi connectivity index (χ4n) is 6.32. The lowest BCUT2D eigenvalue weighted by atomic mass is 10.0.